The summed E-state index contributed by atoms with van der Waals surface area (Å²) in [4.78, 5) is 81.4. The van der Waals surface area contributed by atoms with E-state index in [0.717, 1.165) is 63.9 Å². The van der Waals surface area contributed by atoms with Gasteiger partial charge in [-0.25, -0.2) is 5.43 Å². The molecule has 6 bridgehead atoms. The fraction of sp³-hybridized carbons (Fsp3) is 0.527. The molecule has 380 valence electrons. The largest absolute Gasteiger partial charge is 0.508 e. The Kier molecular flexibility index (Phi) is 15.4. The maximum Gasteiger partial charge on any atom is 0.324 e. The molecule has 4 aliphatic heterocycles. The van der Waals surface area contributed by atoms with Crippen molar-refractivity contribution in [1.82, 2.24) is 40.0 Å². The van der Waals surface area contributed by atoms with Crippen LogP contribution in [0.1, 0.15) is 83.5 Å². The Morgan fingerprint density at radius 3 is 2.54 bits per heavy atom. The van der Waals surface area contributed by atoms with Crippen molar-refractivity contribution in [2.24, 2.45) is 17.3 Å². The Morgan fingerprint density at radius 2 is 1.82 bits per heavy atom. The van der Waals surface area contributed by atoms with Crippen molar-refractivity contribution in [3.05, 3.63) is 83.7 Å². The lowest BCUT2D eigenvalue weighted by atomic mass is 9.84. The molecule has 6 heterocycles. The molecule has 2 aromatic heterocycles. The van der Waals surface area contributed by atoms with Gasteiger partial charge in [0, 0.05) is 86.5 Å². The standard InChI is InChI=1S/C55H72N8O8/c1-10-62-47-18-17-36-28-41(47)42(49(62)40-14-11-20-56-45(40)31-70-9)29-55(5,6)32-71-54(69)43-15-12-22-63(58-43)53(68)44(26-35-24-38(36)27-39(64)25-35)57-50(65)48(33(2)3)60(8)52(67)37-19-23-61(30-37)51(66)34(4)46-16-13-21-59(46)7/h11,14,17-18,20,24-25,27-28,33,37,43-44,46,48,58,64H,4,10,12-13,15-16,19,21-23,26,29-32H2,1-3,5-9H3,(H,57,65)/t37-,43-,44-,46-,48-/m0/s1. The molecular weight excluding hydrogens is 901 g/mol. The molecule has 0 unspecified atom stereocenters. The normalized spacial score (nSPS) is 22.3. The number of carbonyl (C=O) groups excluding carboxylic acids is 5. The molecule has 0 spiro atoms. The van der Waals surface area contributed by atoms with E-state index in [9.17, 15) is 29.1 Å². The highest BCUT2D eigenvalue weighted by Crippen LogP contribution is 2.41. The number of esters is 1. The number of phenols is 1. The number of hydrogen-bond donors (Lipinski definition) is 3. The Bertz CT molecular complexity index is 2690. The first-order chi connectivity index (χ1) is 33.9. The van der Waals surface area contributed by atoms with Gasteiger partial charge in [0.15, 0.2) is 0 Å². The van der Waals surface area contributed by atoms with Crippen LogP contribution in [0.3, 0.4) is 0 Å². The van der Waals surface area contributed by atoms with Gasteiger partial charge < -0.3 is 34.3 Å². The number of aromatic hydroxyl groups is 1. The lowest BCUT2D eigenvalue weighted by Gasteiger charge is -2.37. The molecule has 4 aromatic rings. The number of amides is 4. The molecule has 3 N–H and O–H groups in total. The Balaban J connectivity index is 1.13. The van der Waals surface area contributed by atoms with Crippen molar-refractivity contribution in [3.63, 3.8) is 0 Å². The van der Waals surface area contributed by atoms with Gasteiger partial charge in [0.2, 0.25) is 11.8 Å². The third-order valence-electron chi connectivity index (χ3n) is 15.0. The van der Waals surface area contributed by atoms with Crippen LogP contribution in [0.4, 0.5) is 0 Å². The van der Waals surface area contributed by atoms with E-state index in [1.807, 2.05) is 39.1 Å². The second-order valence-corrected chi connectivity index (χ2v) is 21.2. The fourth-order valence-electron chi connectivity index (χ4n) is 11.4. The maximum absolute atomic E-state index is 14.8. The summed E-state index contributed by atoms with van der Waals surface area (Å²) in [6.07, 6.45) is 5.57. The first-order valence-corrected chi connectivity index (χ1v) is 25.3. The summed E-state index contributed by atoms with van der Waals surface area (Å²) in [5, 5.41) is 16.8. The predicted molar refractivity (Wildman–Crippen MR) is 271 cm³/mol. The van der Waals surface area contributed by atoms with Crippen LogP contribution in [0.25, 0.3) is 33.3 Å². The number of phenolic OH excluding ortho intramolecular Hbond substituents is 1. The number of aryl methyl sites for hydroxylation is 1. The number of cyclic esters (lactones) is 1. The highest BCUT2D eigenvalue weighted by Gasteiger charge is 2.41. The van der Waals surface area contributed by atoms with E-state index in [0.29, 0.717) is 56.5 Å². The summed E-state index contributed by atoms with van der Waals surface area (Å²) in [5.41, 5.74) is 10.1. The number of benzene rings is 2. The highest BCUT2D eigenvalue weighted by molar-refractivity contribution is 5.97. The van der Waals surface area contributed by atoms with Gasteiger partial charge in [0.1, 0.15) is 23.9 Å². The molecule has 0 saturated carbocycles. The molecule has 0 aliphatic carbocycles. The summed E-state index contributed by atoms with van der Waals surface area (Å²) in [5.74, 6) is -2.75. The smallest absolute Gasteiger partial charge is 0.324 e. The van der Waals surface area contributed by atoms with E-state index < -0.39 is 47.2 Å². The first kappa shape index (κ1) is 51.3. The lowest BCUT2D eigenvalue weighted by molar-refractivity contribution is -0.155. The number of fused-ring (bicyclic) bond motifs is 6. The van der Waals surface area contributed by atoms with Gasteiger partial charge >= 0.3 is 5.97 Å². The lowest BCUT2D eigenvalue weighted by Crippen LogP contribution is -2.62. The van der Waals surface area contributed by atoms with Gasteiger partial charge in [0.05, 0.1) is 30.5 Å². The molecule has 4 aliphatic rings. The number of nitrogens with one attached hydrogen (secondary N) is 2. The molecule has 8 rings (SSSR count). The molecule has 16 nitrogen and oxygen atoms in total. The first-order valence-electron chi connectivity index (χ1n) is 25.3. The monoisotopic (exact) mass is 973 g/mol. The molecule has 5 atom stereocenters. The number of hydrazine groups is 1. The van der Waals surface area contributed by atoms with Crippen LogP contribution in [0.15, 0.2) is 66.9 Å². The average Bonchev–Trinajstić information content (AvgIpc) is 4.09. The number of aromatic nitrogens is 2. The maximum atomic E-state index is 14.8. The molecule has 4 amide bonds. The van der Waals surface area contributed by atoms with Crippen LogP contribution in [0.5, 0.6) is 5.75 Å². The zero-order chi connectivity index (χ0) is 50.9. The SMILES string of the molecule is C=C(C(=O)N1CC[C@H](C(=O)N(C)[C@H](C(=O)N[C@H]2Cc3cc(O)cc(c3)-c3ccc4c(c3)c(c(-c3cccnc3COC)n4CC)CC(C)(C)COC(=O)[C@@H]3CCCN(N3)C2=O)C(C)C)C1)[C@@H]1CCCN1C. The Labute approximate surface area is 417 Å². The van der Waals surface area contributed by atoms with Gasteiger partial charge in [-0.15, -0.1) is 0 Å². The van der Waals surface area contributed by atoms with Crippen LogP contribution < -0.4 is 10.7 Å². The second-order valence-electron chi connectivity index (χ2n) is 21.2. The molecule has 0 radical (unpaired) electrons. The van der Waals surface area contributed by atoms with Crippen molar-refractivity contribution < 1.29 is 38.6 Å². The molecule has 71 heavy (non-hydrogen) atoms. The van der Waals surface area contributed by atoms with Crippen molar-refractivity contribution in [2.45, 2.75) is 117 Å². The van der Waals surface area contributed by atoms with Crippen molar-refractivity contribution in [1.29, 1.82) is 0 Å². The molecule has 3 saturated heterocycles. The number of rotatable bonds is 11. The topological polar surface area (TPSA) is 179 Å². The predicted octanol–water partition coefficient (Wildman–Crippen LogP) is 5.87. The zero-order valence-corrected chi connectivity index (χ0v) is 42.8. The van der Waals surface area contributed by atoms with Crippen molar-refractivity contribution >= 4 is 40.5 Å². The zero-order valence-electron chi connectivity index (χ0n) is 42.8. The second kappa shape index (κ2) is 21.3. The minimum Gasteiger partial charge on any atom is -0.508 e. The number of methoxy groups -OCH3 is 1. The fourth-order valence-corrected chi connectivity index (χ4v) is 11.4. The van der Waals surface area contributed by atoms with Crippen molar-refractivity contribution in [2.75, 3.05) is 54.0 Å². The van der Waals surface area contributed by atoms with Crippen LogP contribution in [-0.2, 0) is 59.4 Å². The van der Waals surface area contributed by atoms with Gasteiger partial charge in [-0.05, 0) is 124 Å². The number of hydrogen-bond acceptors (Lipinski definition) is 11. The minimum atomic E-state index is -1.17. The number of likely N-dealkylation sites (N-methyl/N-ethyl adjacent to an activating group) is 2. The number of likely N-dealkylation sites (tertiary alicyclic amines) is 2. The van der Waals surface area contributed by atoms with Gasteiger partial charge in [-0.2, -0.15) is 0 Å². The number of nitrogens with zero attached hydrogens (tertiary/aromatic N) is 6. The van der Waals surface area contributed by atoms with Crippen LogP contribution in [0, 0.1) is 17.3 Å². The van der Waals surface area contributed by atoms with Crippen LogP contribution in [-0.4, -0.2) is 142 Å². The van der Waals surface area contributed by atoms with Gasteiger partial charge in [-0.1, -0.05) is 46.4 Å². The molecule has 2 aromatic carbocycles. The van der Waals surface area contributed by atoms with E-state index in [-0.39, 0.29) is 55.6 Å². The van der Waals surface area contributed by atoms with E-state index in [1.165, 1.54) is 9.91 Å². The summed E-state index contributed by atoms with van der Waals surface area (Å²) < 4.78 is 14.0. The van der Waals surface area contributed by atoms with Gasteiger partial charge in [0.25, 0.3) is 11.8 Å². The third kappa shape index (κ3) is 10.8. The van der Waals surface area contributed by atoms with E-state index in [1.54, 1.807) is 37.4 Å². The third-order valence-corrected chi connectivity index (χ3v) is 15.0. The minimum absolute atomic E-state index is 0.00973. The summed E-state index contributed by atoms with van der Waals surface area (Å²) in [7, 11) is 5.26. The quantitative estimate of drug-likeness (QED) is 0.121. The number of carbonyl (C=O) groups is 5. The number of ether oxygens (including phenoxy) is 2. The van der Waals surface area contributed by atoms with E-state index in [4.69, 9.17) is 14.5 Å². The van der Waals surface area contributed by atoms with Gasteiger partial charge in [-0.3, -0.25) is 38.9 Å². The molecule has 16 heteroatoms. The summed E-state index contributed by atoms with van der Waals surface area (Å²) >= 11 is 0. The molecule has 3 fully saturated rings. The highest BCUT2D eigenvalue weighted by atomic mass is 16.5. The summed E-state index contributed by atoms with van der Waals surface area (Å²) in [6.45, 7) is 17.0. The summed E-state index contributed by atoms with van der Waals surface area (Å²) in [6, 6.07) is 12.5. The van der Waals surface area contributed by atoms with E-state index in [2.05, 4.69) is 65.8 Å². The number of pyridine rings is 1. The van der Waals surface area contributed by atoms with E-state index >= 15 is 0 Å². The molecular formula is C55H72N8O8. The van der Waals surface area contributed by atoms with Crippen molar-refractivity contribution in [3.8, 4) is 28.1 Å². The van der Waals surface area contributed by atoms with Crippen LogP contribution in [0.2, 0.25) is 0 Å². The van der Waals surface area contributed by atoms with Crippen LogP contribution >= 0.6 is 0 Å². The Morgan fingerprint density at radius 1 is 1.04 bits per heavy atom. The Hall–Kier alpha value is -6.10. The average molecular weight is 973 g/mol.